The maximum Gasteiger partial charge on any atom is 0.257 e. The van der Waals surface area contributed by atoms with Gasteiger partial charge in [-0.3, -0.25) is 19.7 Å². The number of carbonyl (C=O) groups excluding carboxylic acids is 3. The van der Waals surface area contributed by atoms with E-state index in [0.29, 0.717) is 54.4 Å². The van der Waals surface area contributed by atoms with Crippen molar-refractivity contribution in [1.29, 1.82) is 0 Å². The van der Waals surface area contributed by atoms with Crippen molar-refractivity contribution in [2.24, 2.45) is 5.92 Å². The first kappa shape index (κ1) is 30.2. The molecule has 220 valence electrons. The molecule has 3 aromatic rings. The average molecular weight is 562 g/mol. The number of hydrogen-bond donors (Lipinski definition) is 2. The molecule has 2 N–H and O–H groups in total. The predicted molar refractivity (Wildman–Crippen MR) is 162 cm³/mol. The summed E-state index contributed by atoms with van der Waals surface area (Å²) < 4.78 is 1.96. The molecule has 9 nitrogen and oxygen atoms in total. The van der Waals surface area contributed by atoms with E-state index in [9.17, 15) is 19.5 Å². The molecule has 1 aliphatic rings. The van der Waals surface area contributed by atoms with Crippen molar-refractivity contribution in [3.8, 4) is 0 Å². The second kappa shape index (κ2) is 14.3. The number of aromatic nitrogens is 2. The van der Waals surface area contributed by atoms with Gasteiger partial charge in [0.15, 0.2) is 0 Å². The Bertz CT molecular complexity index is 1370. The number of anilines is 2. The maximum absolute atomic E-state index is 13.1. The van der Waals surface area contributed by atoms with Crippen LogP contribution in [0.1, 0.15) is 81.1 Å². The number of nitrogens with one attached hydrogen (secondary N) is 1. The number of imidazole rings is 1. The highest BCUT2D eigenvalue weighted by Gasteiger charge is 2.21. The smallest absolute Gasteiger partial charge is 0.257 e. The molecule has 1 unspecified atom stereocenters. The highest BCUT2D eigenvalue weighted by Crippen LogP contribution is 2.27. The Balaban J connectivity index is 1.55. The topological polar surface area (TPSA) is 108 Å². The SMILES string of the molecule is CCCCCC(C)CC(=O)N(C)c1ccc2c(c1)nc(NC(=O)c1cccc(CO)c1)n2CCCN1CCCC1=O. The summed E-state index contributed by atoms with van der Waals surface area (Å²) >= 11 is 0. The van der Waals surface area contributed by atoms with E-state index in [2.05, 4.69) is 19.2 Å². The monoisotopic (exact) mass is 561 g/mol. The second-order valence-electron chi connectivity index (χ2n) is 11.2. The molecule has 1 atom stereocenters. The van der Waals surface area contributed by atoms with Crippen LogP contribution in [0.3, 0.4) is 0 Å². The van der Waals surface area contributed by atoms with Gasteiger partial charge in [0.2, 0.25) is 17.8 Å². The van der Waals surface area contributed by atoms with E-state index in [1.54, 1.807) is 36.2 Å². The van der Waals surface area contributed by atoms with E-state index in [1.165, 1.54) is 12.8 Å². The van der Waals surface area contributed by atoms with Gasteiger partial charge in [-0.2, -0.15) is 0 Å². The first-order chi connectivity index (χ1) is 19.8. The molecule has 1 aliphatic heterocycles. The first-order valence-corrected chi connectivity index (χ1v) is 14.9. The summed E-state index contributed by atoms with van der Waals surface area (Å²) in [5, 5.41) is 12.4. The first-order valence-electron chi connectivity index (χ1n) is 14.9. The molecular weight excluding hydrogens is 518 g/mol. The van der Waals surface area contributed by atoms with Gasteiger partial charge in [0.25, 0.3) is 5.91 Å². The Kier molecular flexibility index (Phi) is 10.5. The van der Waals surface area contributed by atoms with Gasteiger partial charge in [-0.1, -0.05) is 51.7 Å². The summed E-state index contributed by atoms with van der Waals surface area (Å²) in [6.07, 6.45) is 7.26. The lowest BCUT2D eigenvalue weighted by Gasteiger charge is -2.20. The van der Waals surface area contributed by atoms with Gasteiger partial charge in [-0.05, 0) is 54.7 Å². The molecule has 0 aliphatic carbocycles. The van der Waals surface area contributed by atoms with Gasteiger partial charge in [0, 0.05) is 50.8 Å². The number of fused-ring (bicyclic) bond motifs is 1. The molecule has 0 spiro atoms. The van der Waals surface area contributed by atoms with E-state index in [0.717, 1.165) is 43.4 Å². The number of likely N-dealkylation sites (tertiary alicyclic amines) is 1. The number of aliphatic hydroxyl groups is 1. The van der Waals surface area contributed by atoms with E-state index >= 15 is 0 Å². The van der Waals surface area contributed by atoms with Crippen molar-refractivity contribution in [1.82, 2.24) is 14.5 Å². The van der Waals surface area contributed by atoms with Crippen LogP contribution in [0.25, 0.3) is 11.0 Å². The van der Waals surface area contributed by atoms with Crippen LogP contribution < -0.4 is 10.2 Å². The number of hydrogen-bond acceptors (Lipinski definition) is 5. The molecule has 1 fully saturated rings. The number of aliphatic hydroxyl groups excluding tert-OH is 1. The van der Waals surface area contributed by atoms with Gasteiger partial charge in [-0.15, -0.1) is 0 Å². The molecule has 2 heterocycles. The van der Waals surface area contributed by atoms with Crippen molar-refractivity contribution in [2.45, 2.75) is 78.4 Å². The molecule has 3 amide bonds. The van der Waals surface area contributed by atoms with Crippen molar-refractivity contribution >= 4 is 40.4 Å². The maximum atomic E-state index is 13.1. The average Bonchev–Trinajstić information content (AvgIpc) is 3.54. The van der Waals surface area contributed by atoms with Gasteiger partial charge < -0.3 is 19.5 Å². The third kappa shape index (κ3) is 7.73. The molecule has 1 aromatic heterocycles. The summed E-state index contributed by atoms with van der Waals surface area (Å²) in [7, 11) is 1.79. The highest BCUT2D eigenvalue weighted by molar-refractivity contribution is 6.04. The molecule has 9 heteroatoms. The minimum Gasteiger partial charge on any atom is -0.392 e. The van der Waals surface area contributed by atoms with Gasteiger partial charge in [0.05, 0.1) is 17.6 Å². The van der Waals surface area contributed by atoms with Gasteiger partial charge >= 0.3 is 0 Å². The standard InChI is InChI=1S/C32H43N5O4/c1-4-5-6-10-23(2)19-30(40)35(3)26-14-15-28-27(21-26)33-32(34-31(41)25-12-7-11-24(20-25)22-38)37(28)18-9-17-36-16-8-13-29(36)39/h7,11-12,14-15,20-21,23,38H,4-6,8-10,13,16-19,22H2,1-3H3,(H,33,34,41). The summed E-state index contributed by atoms with van der Waals surface area (Å²) in [6.45, 7) is 6.16. The van der Waals surface area contributed by atoms with E-state index in [1.807, 2.05) is 27.7 Å². The Labute approximate surface area is 242 Å². The zero-order chi connectivity index (χ0) is 29.4. The fraction of sp³-hybridized carbons (Fsp3) is 0.500. The van der Waals surface area contributed by atoms with E-state index in [-0.39, 0.29) is 24.3 Å². The van der Waals surface area contributed by atoms with Crippen molar-refractivity contribution in [3.05, 3.63) is 53.6 Å². The molecular formula is C32H43N5O4. The summed E-state index contributed by atoms with van der Waals surface area (Å²) in [4.78, 5) is 46.6. The lowest BCUT2D eigenvalue weighted by Crippen LogP contribution is -2.27. The summed E-state index contributed by atoms with van der Waals surface area (Å²) in [6, 6.07) is 12.6. The zero-order valence-corrected chi connectivity index (χ0v) is 24.6. The molecule has 0 saturated carbocycles. The fourth-order valence-electron chi connectivity index (χ4n) is 5.42. The number of aryl methyl sites for hydroxylation is 1. The summed E-state index contributed by atoms with van der Waals surface area (Å²) in [5.74, 6) is 0.669. The van der Waals surface area contributed by atoms with Crippen molar-refractivity contribution in [3.63, 3.8) is 0 Å². The number of amides is 3. The Morgan fingerprint density at radius 3 is 2.68 bits per heavy atom. The quantitative estimate of drug-likeness (QED) is 0.258. The van der Waals surface area contributed by atoms with Crippen molar-refractivity contribution < 1.29 is 19.5 Å². The lowest BCUT2D eigenvalue weighted by atomic mass is 9.99. The van der Waals surface area contributed by atoms with Gasteiger partial charge in [-0.25, -0.2) is 4.98 Å². The fourth-order valence-corrected chi connectivity index (χ4v) is 5.42. The Hall–Kier alpha value is -3.72. The van der Waals surface area contributed by atoms with Crippen LogP contribution in [0.4, 0.5) is 11.6 Å². The van der Waals surface area contributed by atoms with E-state index in [4.69, 9.17) is 4.98 Å². The molecule has 4 rings (SSSR count). The molecule has 0 radical (unpaired) electrons. The normalized spacial score (nSPS) is 14.0. The van der Waals surface area contributed by atoms with Crippen LogP contribution in [-0.4, -0.2) is 57.4 Å². The Morgan fingerprint density at radius 2 is 1.95 bits per heavy atom. The minimum atomic E-state index is -0.323. The van der Waals surface area contributed by atoms with Crippen LogP contribution in [0.15, 0.2) is 42.5 Å². The highest BCUT2D eigenvalue weighted by atomic mass is 16.3. The lowest BCUT2D eigenvalue weighted by molar-refractivity contribution is -0.127. The number of rotatable bonds is 14. The second-order valence-corrected chi connectivity index (χ2v) is 11.2. The molecule has 41 heavy (non-hydrogen) atoms. The van der Waals surface area contributed by atoms with Crippen LogP contribution in [0.5, 0.6) is 0 Å². The third-order valence-corrected chi connectivity index (χ3v) is 7.89. The van der Waals surface area contributed by atoms with E-state index < -0.39 is 0 Å². The largest absolute Gasteiger partial charge is 0.392 e. The van der Waals surface area contributed by atoms with Crippen LogP contribution in [0, 0.1) is 5.92 Å². The summed E-state index contributed by atoms with van der Waals surface area (Å²) in [5.41, 5.74) is 3.35. The minimum absolute atomic E-state index is 0.0698. The molecule has 1 saturated heterocycles. The van der Waals surface area contributed by atoms with Crippen molar-refractivity contribution in [2.75, 3.05) is 30.4 Å². The number of nitrogens with zero attached hydrogens (tertiary/aromatic N) is 4. The van der Waals surface area contributed by atoms with Gasteiger partial charge in [0.1, 0.15) is 0 Å². The number of unbranched alkanes of at least 4 members (excludes halogenated alkanes) is 2. The van der Waals surface area contributed by atoms with Crippen LogP contribution in [0.2, 0.25) is 0 Å². The number of benzene rings is 2. The molecule has 0 bridgehead atoms. The van der Waals surface area contributed by atoms with Crippen LogP contribution in [-0.2, 0) is 22.7 Å². The number of carbonyl (C=O) groups is 3. The predicted octanol–water partition coefficient (Wildman–Crippen LogP) is 5.36. The Morgan fingerprint density at radius 1 is 1.12 bits per heavy atom. The third-order valence-electron chi connectivity index (χ3n) is 7.89. The molecule has 2 aromatic carbocycles. The zero-order valence-electron chi connectivity index (χ0n) is 24.6. The van der Waals surface area contributed by atoms with Crippen LogP contribution >= 0.6 is 0 Å².